The van der Waals surface area contributed by atoms with Crippen LogP contribution in [0.3, 0.4) is 0 Å². The maximum Gasteiger partial charge on any atom is 0.223 e. The number of aryl methyl sites for hydroxylation is 1. The van der Waals surface area contributed by atoms with Crippen molar-refractivity contribution in [2.45, 2.75) is 59.0 Å². The summed E-state index contributed by atoms with van der Waals surface area (Å²) in [4.78, 5) is 11.9. The summed E-state index contributed by atoms with van der Waals surface area (Å²) in [5.41, 5.74) is 1.03. The van der Waals surface area contributed by atoms with Crippen LogP contribution >= 0.6 is 0 Å². The van der Waals surface area contributed by atoms with E-state index in [0.29, 0.717) is 5.92 Å². The number of rotatable bonds is 6. The Labute approximate surface area is 115 Å². The number of nitrogens with one attached hydrogen (secondary N) is 1. The standard InChI is InChI=1S/C15H25N3O/c1-11(2)5-8-18-10-13(9-16-18)15(6-7-15)17-14(19)12(3)4/h9-12H,5-8H2,1-4H3,(H,17,19). The number of amides is 1. The highest BCUT2D eigenvalue weighted by molar-refractivity contribution is 5.79. The minimum Gasteiger partial charge on any atom is -0.346 e. The fourth-order valence-electron chi connectivity index (χ4n) is 2.11. The smallest absolute Gasteiger partial charge is 0.223 e. The number of hydrogen-bond acceptors (Lipinski definition) is 2. The fraction of sp³-hybridized carbons (Fsp3) is 0.733. The van der Waals surface area contributed by atoms with Crippen LogP contribution in [-0.2, 0) is 16.9 Å². The molecule has 0 aliphatic heterocycles. The van der Waals surface area contributed by atoms with Gasteiger partial charge in [0.05, 0.1) is 11.7 Å². The van der Waals surface area contributed by atoms with Crippen molar-refractivity contribution in [1.82, 2.24) is 15.1 Å². The van der Waals surface area contributed by atoms with E-state index in [0.717, 1.165) is 31.4 Å². The highest BCUT2D eigenvalue weighted by atomic mass is 16.2. The summed E-state index contributed by atoms with van der Waals surface area (Å²) in [6.07, 6.45) is 7.19. The number of nitrogens with zero attached hydrogens (tertiary/aromatic N) is 2. The Hall–Kier alpha value is -1.32. The predicted molar refractivity (Wildman–Crippen MR) is 75.6 cm³/mol. The molecule has 0 saturated heterocycles. The molecule has 1 fully saturated rings. The Kier molecular flexibility index (Phi) is 3.97. The Morgan fingerprint density at radius 1 is 1.42 bits per heavy atom. The van der Waals surface area contributed by atoms with Crippen LogP contribution in [0.1, 0.15) is 52.5 Å². The highest BCUT2D eigenvalue weighted by Gasteiger charge is 2.46. The van der Waals surface area contributed by atoms with Crippen molar-refractivity contribution in [3.8, 4) is 0 Å². The molecule has 4 nitrogen and oxygen atoms in total. The van der Waals surface area contributed by atoms with E-state index in [1.54, 1.807) is 0 Å². The van der Waals surface area contributed by atoms with Crippen LogP contribution in [-0.4, -0.2) is 15.7 Å². The molecule has 1 aromatic rings. The quantitative estimate of drug-likeness (QED) is 0.857. The van der Waals surface area contributed by atoms with Crippen LogP contribution in [0.5, 0.6) is 0 Å². The molecule has 4 heteroatoms. The SMILES string of the molecule is CC(C)CCn1cc(C2(NC(=O)C(C)C)CC2)cn1. The molecule has 0 atom stereocenters. The lowest BCUT2D eigenvalue weighted by molar-refractivity contribution is -0.125. The molecule has 0 unspecified atom stereocenters. The molecular weight excluding hydrogens is 238 g/mol. The Morgan fingerprint density at radius 2 is 2.11 bits per heavy atom. The molecule has 1 aliphatic carbocycles. The molecule has 2 rings (SSSR count). The van der Waals surface area contributed by atoms with Crippen LogP contribution in [0.15, 0.2) is 12.4 Å². The van der Waals surface area contributed by atoms with Crippen LogP contribution in [0.2, 0.25) is 0 Å². The monoisotopic (exact) mass is 263 g/mol. The van der Waals surface area contributed by atoms with Gasteiger partial charge in [-0.05, 0) is 25.2 Å². The molecular formula is C15H25N3O. The fourth-order valence-corrected chi connectivity index (χ4v) is 2.11. The number of carbonyl (C=O) groups is 1. The van der Waals surface area contributed by atoms with Crippen LogP contribution in [0, 0.1) is 11.8 Å². The first-order chi connectivity index (χ1) is 8.93. The van der Waals surface area contributed by atoms with Crippen molar-refractivity contribution in [1.29, 1.82) is 0 Å². The molecule has 0 aromatic carbocycles. The average Bonchev–Trinajstić information content (AvgIpc) is 2.95. The minimum absolute atomic E-state index is 0.0356. The molecule has 1 saturated carbocycles. The number of carbonyl (C=O) groups excluding carboxylic acids is 1. The van der Waals surface area contributed by atoms with Gasteiger partial charge in [-0.3, -0.25) is 9.48 Å². The molecule has 1 N–H and O–H groups in total. The second-order valence-corrected chi connectivity index (χ2v) is 6.40. The van der Waals surface area contributed by atoms with Gasteiger partial charge in [0.2, 0.25) is 5.91 Å². The molecule has 0 bridgehead atoms. The highest BCUT2D eigenvalue weighted by Crippen LogP contribution is 2.45. The van der Waals surface area contributed by atoms with Crippen LogP contribution < -0.4 is 5.32 Å². The summed E-state index contributed by atoms with van der Waals surface area (Å²) < 4.78 is 2.00. The van der Waals surface area contributed by atoms with Crippen molar-refractivity contribution in [2.75, 3.05) is 0 Å². The minimum atomic E-state index is -0.128. The summed E-state index contributed by atoms with van der Waals surface area (Å²) in [5, 5.41) is 7.58. The first kappa shape index (κ1) is 14.1. The second-order valence-electron chi connectivity index (χ2n) is 6.40. The van der Waals surface area contributed by atoms with Gasteiger partial charge in [-0.25, -0.2) is 0 Å². The number of aromatic nitrogens is 2. The Bertz CT molecular complexity index is 444. The van der Waals surface area contributed by atoms with Gasteiger partial charge < -0.3 is 5.32 Å². The average molecular weight is 263 g/mol. The van der Waals surface area contributed by atoms with Crippen molar-refractivity contribution in [2.24, 2.45) is 11.8 Å². The molecule has 1 amide bonds. The Morgan fingerprint density at radius 3 is 2.63 bits per heavy atom. The van der Waals surface area contributed by atoms with Crippen molar-refractivity contribution in [3.05, 3.63) is 18.0 Å². The molecule has 106 valence electrons. The van der Waals surface area contributed by atoms with E-state index in [2.05, 4.69) is 30.5 Å². The molecule has 1 aliphatic rings. The van der Waals surface area contributed by atoms with E-state index in [1.807, 2.05) is 24.7 Å². The van der Waals surface area contributed by atoms with E-state index in [4.69, 9.17) is 0 Å². The van der Waals surface area contributed by atoms with Gasteiger partial charge in [-0.2, -0.15) is 5.10 Å². The third kappa shape index (κ3) is 3.37. The largest absolute Gasteiger partial charge is 0.346 e. The van der Waals surface area contributed by atoms with E-state index in [-0.39, 0.29) is 17.4 Å². The summed E-state index contributed by atoms with van der Waals surface area (Å²) in [5.74, 6) is 0.851. The normalized spacial score (nSPS) is 16.9. The van der Waals surface area contributed by atoms with E-state index < -0.39 is 0 Å². The van der Waals surface area contributed by atoms with Gasteiger partial charge >= 0.3 is 0 Å². The summed E-state index contributed by atoms with van der Waals surface area (Å²) in [6, 6.07) is 0. The molecule has 0 radical (unpaired) electrons. The van der Waals surface area contributed by atoms with Crippen LogP contribution in [0.25, 0.3) is 0 Å². The maximum atomic E-state index is 11.9. The van der Waals surface area contributed by atoms with Gasteiger partial charge in [-0.1, -0.05) is 27.7 Å². The third-order valence-corrected chi connectivity index (χ3v) is 3.76. The summed E-state index contributed by atoms with van der Waals surface area (Å²) >= 11 is 0. The Balaban J connectivity index is 2.00. The topological polar surface area (TPSA) is 46.9 Å². The van der Waals surface area contributed by atoms with Crippen molar-refractivity contribution >= 4 is 5.91 Å². The summed E-state index contributed by atoms with van der Waals surface area (Å²) in [7, 11) is 0. The molecule has 0 spiro atoms. The predicted octanol–water partition coefficient (Wildman–Crippen LogP) is 2.69. The van der Waals surface area contributed by atoms with Gasteiger partial charge in [0.15, 0.2) is 0 Å². The molecule has 1 heterocycles. The lowest BCUT2D eigenvalue weighted by atomic mass is 10.1. The van der Waals surface area contributed by atoms with Crippen LogP contribution in [0.4, 0.5) is 0 Å². The first-order valence-electron chi connectivity index (χ1n) is 7.28. The lowest BCUT2D eigenvalue weighted by Crippen LogP contribution is -2.37. The van der Waals surface area contributed by atoms with Crippen molar-refractivity contribution < 1.29 is 4.79 Å². The zero-order valence-electron chi connectivity index (χ0n) is 12.4. The zero-order chi connectivity index (χ0) is 14.0. The van der Waals surface area contributed by atoms with Gasteiger partial charge in [0.25, 0.3) is 0 Å². The van der Waals surface area contributed by atoms with E-state index >= 15 is 0 Å². The maximum absolute atomic E-state index is 11.9. The second kappa shape index (κ2) is 5.35. The first-order valence-corrected chi connectivity index (χ1v) is 7.28. The van der Waals surface area contributed by atoms with Crippen molar-refractivity contribution in [3.63, 3.8) is 0 Å². The molecule has 1 aromatic heterocycles. The third-order valence-electron chi connectivity index (χ3n) is 3.76. The lowest BCUT2D eigenvalue weighted by Gasteiger charge is -2.17. The van der Waals surface area contributed by atoms with Gasteiger partial charge in [-0.15, -0.1) is 0 Å². The zero-order valence-corrected chi connectivity index (χ0v) is 12.4. The number of hydrogen-bond donors (Lipinski definition) is 1. The summed E-state index contributed by atoms with van der Waals surface area (Å²) in [6.45, 7) is 9.24. The van der Waals surface area contributed by atoms with E-state index in [1.165, 1.54) is 0 Å². The van der Waals surface area contributed by atoms with Gasteiger partial charge in [0, 0.05) is 24.2 Å². The molecule has 19 heavy (non-hydrogen) atoms. The van der Waals surface area contributed by atoms with Gasteiger partial charge in [0.1, 0.15) is 0 Å². The van der Waals surface area contributed by atoms with E-state index in [9.17, 15) is 4.79 Å².